The fourth-order valence-electron chi connectivity index (χ4n) is 3.13. The van der Waals surface area contributed by atoms with Crippen LogP contribution in [0.15, 0.2) is 65.8 Å². The highest BCUT2D eigenvalue weighted by Crippen LogP contribution is 2.23. The minimum absolute atomic E-state index is 0.220. The number of hydrogen-bond acceptors (Lipinski definition) is 5. The van der Waals surface area contributed by atoms with Crippen molar-refractivity contribution in [1.82, 2.24) is 19.3 Å². The van der Waals surface area contributed by atoms with Gasteiger partial charge in [-0.15, -0.1) is 0 Å². The third-order valence-corrected chi connectivity index (χ3v) is 6.47. The maximum absolute atomic E-state index is 13.9. The zero-order valence-electron chi connectivity index (χ0n) is 14.4. The molecule has 9 heteroatoms. The summed E-state index contributed by atoms with van der Waals surface area (Å²) in [4.78, 5) is 3.51. The summed E-state index contributed by atoms with van der Waals surface area (Å²) in [5.41, 5.74) is 1.19. The summed E-state index contributed by atoms with van der Waals surface area (Å²) in [5, 5.41) is 8.04. The Morgan fingerprint density at radius 1 is 0.852 bits per heavy atom. The van der Waals surface area contributed by atoms with Gasteiger partial charge in [0.25, 0.3) is 0 Å². The quantitative estimate of drug-likeness (QED) is 0.684. The number of aromatic nitrogens is 3. The lowest BCUT2D eigenvalue weighted by atomic mass is 10.2. The Hall–Kier alpha value is -2.78. The van der Waals surface area contributed by atoms with E-state index in [9.17, 15) is 12.8 Å². The Kier molecular flexibility index (Phi) is 4.63. The first-order chi connectivity index (χ1) is 13.1. The smallest absolute Gasteiger partial charge is 0.243 e. The fraction of sp³-hybridized carbons (Fsp3) is 0.222. The van der Waals surface area contributed by atoms with Gasteiger partial charge in [-0.3, -0.25) is 0 Å². The second-order valence-electron chi connectivity index (χ2n) is 6.15. The molecule has 1 aliphatic rings. The minimum Gasteiger partial charge on any atom is -0.367 e. The second kappa shape index (κ2) is 7.09. The molecule has 0 amide bonds. The van der Waals surface area contributed by atoms with E-state index < -0.39 is 10.0 Å². The molecule has 0 N–H and O–H groups in total. The van der Waals surface area contributed by atoms with Crippen molar-refractivity contribution in [1.29, 1.82) is 0 Å². The van der Waals surface area contributed by atoms with E-state index in [4.69, 9.17) is 0 Å². The molecule has 1 saturated heterocycles. The van der Waals surface area contributed by atoms with Crippen LogP contribution in [0.2, 0.25) is 0 Å². The van der Waals surface area contributed by atoms with Crippen LogP contribution >= 0.6 is 0 Å². The van der Waals surface area contributed by atoms with Gasteiger partial charge in [0.05, 0.1) is 28.7 Å². The van der Waals surface area contributed by atoms with Gasteiger partial charge in [0.15, 0.2) is 0 Å². The summed E-state index contributed by atoms with van der Waals surface area (Å²) < 4.78 is 41.2. The first-order valence-electron chi connectivity index (χ1n) is 8.52. The van der Waals surface area contributed by atoms with E-state index in [1.807, 2.05) is 4.90 Å². The van der Waals surface area contributed by atoms with Gasteiger partial charge in [0.2, 0.25) is 10.0 Å². The average molecular weight is 387 g/mol. The van der Waals surface area contributed by atoms with E-state index in [-0.39, 0.29) is 10.7 Å². The molecule has 2 heterocycles. The molecule has 1 aromatic heterocycles. The van der Waals surface area contributed by atoms with Crippen molar-refractivity contribution in [2.24, 2.45) is 0 Å². The van der Waals surface area contributed by atoms with Gasteiger partial charge < -0.3 is 4.90 Å². The van der Waals surface area contributed by atoms with Crippen molar-refractivity contribution >= 4 is 15.7 Å². The molecule has 2 aromatic carbocycles. The molecule has 0 radical (unpaired) electrons. The molecule has 0 saturated carbocycles. The number of anilines is 1. The molecule has 0 spiro atoms. The summed E-state index contributed by atoms with van der Waals surface area (Å²) in [6.45, 7) is 1.49. The number of benzene rings is 2. The lowest BCUT2D eigenvalue weighted by molar-refractivity contribution is 0.383. The zero-order chi connectivity index (χ0) is 18.9. The molecule has 27 heavy (non-hydrogen) atoms. The predicted octanol–water partition coefficient (Wildman–Crippen LogP) is 1.92. The van der Waals surface area contributed by atoms with Gasteiger partial charge in [-0.2, -0.15) is 19.3 Å². The highest BCUT2D eigenvalue weighted by atomic mass is 32.2. The SMILES string of the molecule is O=S(=O)(c1ccc(-n2nccn2)cc1)N1CCN(c2ccccc2F)CC1. The van der Waals surface area contributed by atoms with Crippen LogP contribution in [0.5, 0.6) is 0 Å². The minimum atomic E-state index is -3.60. The Balaban J connectivity index is 1.48. The molecule has 0 atom stereocenters. The first-order valence-corrected chi connectivity index (χ1v) is 9.96. The van der Waals surface area contributed by atoms with Crippen LogP contribution in [0.3, 0.4) is 0 Å². The highest BCUT2D eigenvalue weighted by Gasteiger charge is 2.29. The molecule has 7 nitrogen and oxygen atoms in total. The van der Waals surface area contributed by atoms with Gasteiger partial charge in [0.1, 0.15) is 5.82 Å². The number of nitrogens with zero attached hydrogens (tertiary/aromatic N) is 5. The van der Waals surface area contributed by atoms with Gasteiger partial charge in [0, 0.05) is 26.2 Å². The first kappa shape index (κ1) is 17.6. The van der Waals surface area contributed by atoms with Crippen LogP contribution in [0, 0.1) is 5.82 Å². The largest absolute Gasteiger partial charge is 0.367 e. The number of sulfonamides is 1. The van der Waals surface area contributed by atoms with E-state index >= 15 is 0 Å². The monoisotopic (exact) mass is 387 g/mol. The molecule has 3 aromatic rings. The Morgan fingerprint density at radius 3 is 2.11 bits per heavy atom. The Bertz CT molecular complexity index is 1010. The van der Waals surface area contributed by atoms with Crippen LogP contribution in [-0.2, 0) is 10.0 Å². The van der Waals surface area contributed by atoms with E-state index in [0.29, 0.717) is 37.6 Å². The molecular weight excluding hydrogens is 369 g/mol. The molecule has 4 rings (SSSR count). The van der Waals surface area contributed by atoms with Crippen molar-refractivity contribution in [2.45, 2.75) is 4.90 Å². The van der Waals surface area contributed by atoms with E-state index in [2.05, 4.69) is 10.2 Å². The highest BCUT2D eigenvalue weighted by molar-refractivity contribution is 7.89. The van der Waals surface area contributed by atoms with Crippen LogP contribution in [0.25, 0.3) is 5.69 Å². The van der Waals surface area contributed by atoms with Gasteiger partial charge in [-0.05, 0) is 36.4 Å². The topological polar surface area (TPSA) is 71.3 Å². The molecular formula is C18H18FN5O2S. The summed E-state index contributed by atoms with van der Waals surface area (Å²) in [7, 11) is -3.60. The lowest BCUT2D eigenvalue weighted by Crippen LogP contribution is -2.48. The standard InChI is InChI=1S/C18H18FN5O2S/c19-17-3-1-2-4-18(17)22-11-13-23(14-12-22)27(25,26)16-7-5-15(6-8-16)24-20-9-10-21-24/h1-10H,11-14H2. The summed E-state index contributed by atoms with van der Waals surface area (Å²) in [6, 6.07) is 13.0. The zero-order valence-corrected chi connectivity index (χ0v) is 15.3. The number of piperazine rings is 1. The van der Waals surface area contributed by atoms with E-state index in [1.165, 1.54) is 15.2 Å². The third-order valence-electron chi connectivity index (χ3n) is 4.56. The molecule has 140 valence electrons. The van der Waals surface area contributed by atoms with Crippen LogP contribution in [0.4, 0.5) is 10.1 Å². The second-order valence-corrected chi connectivity index (χ2v) is 8.09. The van der Waals surface area contributed by atoms with Crippen molar-refractivity contribution in [2.75, 3.05) is 31.1 Å². The third kappa shape index (κ3) is 3.43. The summed E-state index contributed by atoms with van der Waals surface area (Å²) in [6.07, 6.45) is 3.11. The Morgan fingerprint density at radius 2 is 1.48 bits per heavy atom. The average Bonchev–Trinajstić information content (AvgIpc) is 3.23. The summed E-state index contributed by atoms with van der Waals surface area (Å²) >= 11 is 0. The number of halogens is 1. The van der Waals surface area contributed by atoms with Gasteiger partial charge >= 0.3 is 0 Å². The number of rotatable bonds is 4. The van der Waals surface area contributed by atoms with Crippen molar-refractivity contribution in [3.8, 4) is 5.69 Å². The molecule has 0 aliphatic carbocycles. The van der Waals surface area contributed by atoms with Crippen LogP contribution in [0.1, 0.15) is 0 Å². The van der Waals surface area contributed by atoms with Crippen LogP contribution < -0.4 is 4.90 Å². The van der Waals surface area contributed by atoms with Crippen LogP contribution in [-0.4, -0.2) is 53.9 Å². The van der Waals surface area contributed by atoms with Gasteiger partial charge in [-0.1, -0.05) is 12.1 Å². The normalized spacial score (nSPS) is 15.8. The number of hydrogen-bond donors (Lipinski definition) is 0. The summed E-state index contributed by atoms with van der Waals surface area (Å²) in [5.74, 6) is -0.295. The molecule has 0 unspecified atom stereocenters. The lowest BCUT2D eigenvalue weighted by Gasteiger charge is -2.35. The van der Waals surface area contributed by atoms with Crippen molar-refractivity contribution in [3.05, 3.63) is 66.7 Å². The number of para-hydroxylation sites is 1. The van der Waals surface area contributed by atoms with Crippen molar-refractivity contribution in [3.63, 3.8) is 0 Å². The van der Waals surface area contributed by atoms with E-state index in [1.54, 1.807) is 54.9 Å². The molecule has 1 fully saturated rings. The fourth-order valence-corrected chi connectivity index (χ4v) is 4.55. The van der Waals surface area contributed by atoms with Gasteiger partial charge in [-0.25, -0.2) is 12.8 Å². The molecule has 0 bridgehead atoms. The van der Waals surface area contributed by atoms with E-state index in [0.717, 1.165) is 0 Å². The Labute approximate surface area is 156 Å². The maximum Gasteiger partial charge on any atom is 0.243 e. The molecule has 1 aliphatic heterocycles. The maximum atomic E-state index is 13.9. The predicted molar refractivity (Wildman–Crippen MR) is 98.7 cm³/mol. The van der Waals surface area contributed by atoms with Crippen molar-refractivity contribution < 1.29 is 12.8 Å².